The van der Waals surface area contributed by atoms with Crippen LogP contribution in [0.2, 0.25) is 5.15 Å². The van der Waals surface area contributed by atoms with Crippen molar-refractivity contribution in [1.82, 2.24) is 24.6 Å². The predicted octanol–water partition coefficient (Wildman–Crippen LogP) is 2.96. The minimum atomic E-state index is -0.0298. The molecule has 25 heavy (non-hydrogen) atoms. The van der Waals surface area contributed by atoms with Crippen LogP contribution in [-0.4, -0.2) is 36.3 Å². The zero-order valence-corrected chi connectivity index (χ0v) is 15.0. The van der Waals surface area contributed by atoms with E-state index in [0.717, 1.165) is 41.2 Å². The smallest absolute Gasteiger partial charge is 0.131 e. The van der Waals surface area contributed by atoms with Crippen LogP contribution in [0.1, 0.15) is 34.3 Å². The van der Waals surface area contributed by atoms with Gasteiger partial charge in [-0.05, 0) is 24.6 Å². The van der Waals surface area contributed by atoms with Crippen LogP contribution in [0, 0.1) is 6.92 Å². The topological polar surface area (TPSA) is 70.0 Å². The number of phenolic OH excluding ortho intramolecular Hbond substituents is 1. The number of hydrogen-bond donors (Lipinski definition) is 2. The Morgan fingerprint density at radius 1 is 1.40 bits per heavy atom. The van der Waals surface area contributed by atoms with Crippen LogP contribution in [0.3, 0.4) is 0 Å². The Bertz CT molecular complexity index is 916. The van der Waals surface area contributed by atoms with Crippen molar-refractivity contribution in [2.45, 2.75) is 25.9 Å². The second-order valence-electron chi connectivity index (χ2n) is 6.46. The van der Waals surface area contributed by atoms with Gasteiger partial charge in [0.2, 0.25) is 0 Å². The van der Waals surface area contributed by atoms with Crippen LogP contribution in [0.5, 0.6) is 5.75 Å². The number of imidazole rings is 1. The molecule has 1 atom stereocenters. The molecule has 130 valence electrons. The number of benzene rings is 1. The summed E-state index contributed by atoms with van der Waals surface area (Å²) in [6.07, 6.45) is 2.65. The fourth-order valence-corrected chi connectivity index (χ4v) is 3.85. The predicted molar refractivity (Wildman–Crippen MR) is 95.6 cm³/mol. The largest absolute Gasteiger partial charge is 0.508 e. The number of fused-ring (bicyclic) bond motifs is 1. The lowest BCUT2D eigenvalue weighted by Crippen LogP contribution is -2.36. The molecule has 0 saturated heterocycles. The second-order valence-corrected chi connectivity index (χ2v) is 6.82. The molecule has 2 N–H and O–H groups in total. The highest BCUT2D eigenvalue weighted by molar-refractivity contribution is 6.30. The van der Waals surface area contributed by atoms with Crippen molar-refractivity contribution >= 4 is 11.6 Å². The van der Waals surface area contributed by atoms with Crippen molar-refractivity contribution in [1.29, 1.82) is 0 Å². The first-order valence-electron chi connectivity index (χ1n) is 8.27. The zero-order chi connectivity index (χ0) is 17.6. The van der Waals surface area contributed by atoms with E-state index in [1.165, 1.54) is 0 Å². The van der Waals surface area contributed by atoms with E-state index in [1.807, 2.05) is 26.1 Å². The first-order valence-corrected chi connectivity index (χ1v) is 8.65. The fraction of sp³-hybridized carbons (Fsp3) is 0.333. The van der Waals surface area contributed by atoms with Gasteiger partial charge in [0.05, 0.1) is 23.8 Å². The van der Waals surface area contributed by atoms with E-state index in [-0.39, 0.29) is 11.8 Å². The number of hydrogen-bond acceptors (Lipinski definition) is 4. The number of aryl methyl sites for hydroxylation is 2. The summed E-state index contributed by atoms with van der Waals surface area (Å²) in [5.74, 6) is 0.260. The minimum Gasteiger partial charge on any atom is -0.508 e. The van der Waals surface area contributed by atoms with Crippen molar-refractivity contribution < 1.29 is 5.11 Å². The van der Waals surface area contributed by atoms with E-state index in [9.17, 15) is 5.11 Å². The number of nitrogens with zero attached hydrogens (tertiary/aromatic N) is 4. The second kappa shape index (κ2) is 6.20. The van der Waals surface area contributed by atoms with Crippen LogP contribution >= 0.6 is 11.6 Å². The van der Waals surface area contributed by atoms with Crippen molar-refractivity contribution in [3.63, 3.8) is 0 Å². The summed E-state index contributed by atoms with van der Waals surface area (Å²) in [5.41, 5.74) is 5.15. The molecule has 7 heteroatoms. The van der Waals surface area contributed by atoms with Gasteiger partial charge in [-0.1, -0.05) is 23.7 Å². The average Bonchev–Trinajstić information content (AvgIpc) is 3.15. The zero-order valence-electron chi connectivity index (χ0n) is 14.2. The van der Waals surface area contributed by atoms with Crippen molar-refractivity contribution in [2.75, 3.05) is 6.54 Å². The van der Waals surface area contributed by atoms with Crippen LogP contribution in [-0.2, 0) is 20.0 Å². The molecule has 0 spiro atoms. The summed E-state index contributed by atoms with van der Waals surface area (Å²) >= 11 is 6.44. The number of halogens is 1. The summed E-state index contributed by atoms with van der Waals surface area (Å²) in [7, 11) is 1.85. The summed E-state index contributed by atoms with van der Waals surface area (Å²) in [4.78, 5) is 10.1. The Labute approximate surface area is 151 Å². The van der Waals surface area contributed by atoms with Gasteiger partial charge < -0.3 is 10.1 Å². The summed E-state index contributed by atoms with van der Waals surface area (Å²) < 4.78 is 1.71. The molecule has 1 aliphatic heterocycles. The lowest BCUT2D eigenvalue weighted by Gasteiger charge is -2.35. The highest BCUT2D eigenvalue weighted by Crippen LogP contribution is 2.36. The molecule has 0 aliphatic carbocycles. The normalized spacial score (nSPS) is 17.6. The van der Waals surface area contributed by atoms with E-state index in [4.69, 9.17) is 11.6 Å². The monoisotopic (exact) mass is 357 g/mol. The third kappa shape index (κ3) is 2.81. The van der Waals surface area contributed by atoms with Gasteiger partial charge in [-0.3, -0.25) is 9.58 Å². The number of phenols is 1. The van der Waals surface area contributed by atoms with Crippen LogP contribution in [0.25, 0.3) is 0 Å². The number of nitrogens with one attached hydrogen (secondary N) is 1. The van der Waals surface area contributed by atoms with E-state index in [0.29, 0.717) is 11.7 Å². The number of aromatic hydroxyl groups is 1. The van der Waals surface area contributed by atoms with E-state index in [2.05, 4.69) is 20.0 Å². The SMILES string of the molecule is Cc1nn(C)c(Cl)c1CN1CCc2[nH]cnc2[C@@H]1c1cccc(O)c1. The van der Waals surface area contributed by atoms with Gasteiger partial charge in [0.1, 0.15) is 10.9 Å². The van der Waals surface area contributed by atoms with Crippen LogP contribution < -0.4 is 0 Å². The van der Waals surface area contributed by atoms with Gasteiger partial charge in [-0.2, -0.15) is 5.10 Å². The van der Waals surface area contributed by atoms with E-state index >= 15 is 0 Å². The van der Waals surface area contributed by atoms with Crippen molar-refractivity contribution in [3.05, 3.63) is 64.0 Å². The lowest BCUT2D eigenvalue weighted by atomic mass is 9.95. The van der Waals surface area contributed by atoms with Crippen LogP contribution in [0.4, 0.5) is 0 Å². The minimum absolute atomic E-state index is 0.0298. The molecule has 1 aliphatic rings. The molecule has 4 rings (SSSR count). The van der Waals surface area contributed by atoms with Gasteiger partial charge in [0.25, 0.3) is 0 Å². The first kappa shape index (κ1) is 16.2. The molecule has 3 aromatic rings. The summed E-state index contributed by atoms with van der Waals surface area (Å²) in [6.45, 7) is 3.54. The van der Waals surface area contributed by atoms with Crippen LogP contribution in [0.15, 0.2) is 30.6 Å². The lowest BCUT2D eigenvalue weighted by molar-refractivity contribution is 0.199. The molecular formula is C18H20ClN5O. The maximum absolute atomic E-state index is 9.93. The van der Waals surface area contributed by atoms with Crippen molar-refractivity contribution in [3.8, 4) is 5.75 Å². The Hall–Kier alpha value is -2.31. The number of aromatic nitrogens is 4. The number of H-pyrrole nitrogens is 1. The highest BCUT2D eigenvalue weighted by Gasteiger charge is 2.32. The molecule has 0 unspecified atom stereocenters. The van der Waals surface area contributed by atoms with E-state index in [1.54, 1.807) is 23.1 Å². The van der Waals surface area contributed by atoms with Gasteiger partial charge >= 0.3 is 0 Å². The average molecular weight is 358 g/mol. The Balaban J connectivity index is 1.76. The summed E-state index contributed by atoms with van der Waals surface area (Å²) in [5, 5.41) is 15.0. The standard InChI is InChI=1S/C18H20ClN5O/c1-11-14(18(19)23(2)22-11)9-24-7-6-15-16(21-10-20-15)17(24)12-4-3-5-13(25)8-12/h3-5,8,10,17,25H,6-7,9H2,1-2H3,(H,20,21)/t17-/m0/s1. The van der Waals surface area contributed by atoms with E-state index < -0.39 is 0 Å². The molecule has 6 nitrogen and oxygen atoms in total. The molecule has 0 fully saturated rings. The summed E-state index contributed by atoms with van der Waals surface area (Å²) in [6, 6.07) is 7.35. The molecule has 0 bridgehead atoms. The molecule has 3 heterocycles. The first-order chi connectivity index (χ1) is 12.0. The Morgan fingerprint density at radius 3 is 2.96 bits per heavy atom. The van der Waals surface area contributed by atoms with Gasteiger partial charge in [0, 0.05) is 37.8 Å². The maximum atomic E-state index is 9.93. The molecule has 0 amide bonds. The molecule has 0 radical (unpaired) electrons. The Kier molecular flexibility index (Phi) is 4.01. The Morgan fingerprint density at radius 2 is 2.24 bits per heavy atom. The third-order valence-electron chi connectivity index (χ3n) is 4.84. The molecule has 1 aromatic carbocycles. The molecular weight excluding hydrogens is 338 g/mol. The number of rotatable bonds is 3. The maximum Gasteiger partial charge on any atom is 0.131 e. The van der Waals surface area contributed by atoms with Gasteiger partial charge in [-0.15, -0.1) is 0 Å². The molecule has 2 aromatic heterocycles. The van der Waals surface area contributed by atoms with Gasteiger partial charge in [0.15, 0.2) is 0 Å². The van der Waals surface area contributed by atoms with Crippen molar-refractivity contribution in [2.24, 2.45) is 7.05 Å². The fourth-order valence-electron chi connectivity index (χ4n) is 3.62. The quantitative estimate of drug-likeness (QED) is 0.756. The van der Waals surface area contributed by atoms with Gasteiger partial charge in [-0.25, -0.2) is 4.98 Å². The molecule has 0 saturated carbocycles. The highest BCUT2D eigenvalue weighted by atomic mass is 35.5. The third-order valence-corrected chi connectivity index (χ3v) is 5.31. The number of aromatic amines is 1.